The predicted octanol–water partition coefficient (Wildman–Crippen LogP) is 3.12. The van der Waals surface area contributed by atoms with Crippen molar-refractivity contribution in [2.24, 2.45) is 5.10 Å². The topological polar surface area (TPSA) is 68.2 Å². The van der Waals surface area contributed by atoms with Gasteiger partial charge in [0.1, 0.15) is 11.5 Å². The van der Waals surface area contributed by atoms with Crippen LogP contribution in [0.25, 0.3) is 0 Å². The molecule has 0 radical (unpaired) electrons. The van der Waals surface area contributed by atoms with E-state index in [0.29, 0.717) is 23.6 Å². The molecule has 0 aliphatic carbocycles. The maximum atomic E-state index is 12.3. The van der Waals surface area contributed by atoms with Crippen LogP contribution in [-0.2, 0) is 10.0 Å². The standard InChI is InChI=1S/C19H22N2O4S/c1-13-5-7-14(8-6-13)18-12-17(20-21(18)26(4,22)23)16-11-15(24-2)9-10-19(16)25-3/h5-11,18H,12H2,1-4H3/t18-/m0/s1. The molecule has 0 saturated carbocycles. The summed E-state index contributed by atoms with van der Waals surface area (Å²) >= 11 is 0. The molecule has 0 aromatic heterocycles. The van der Waals surface area contributed by atoms with Crippen LogP contribution in [0.3, 0.4) is 0 Å². The summed E-state index contributed by atoms with van der Waals surface area (Å²) in [6, 6.07) is 12.9. The summed E-state index contributed by atoms with van der Waals surface area (Å²) in [6.45, 7) is 2.00. The van der Waals surface area contributed by atoms with E-state index in [4.69, 9.17) is 9.47 Å². The Morgan fingerprint density at radius 2 is 1.77 bits per heavy atom. The minimum Gasteiger partial charge on any atom is -0.497 e. The molecule has 2 aromatic carbocycles. The molecule has 7 heteroatoms. The van der Waals surface area contributed by atoms with Gasteiger partial charge in [0.25, 0.3) is 0 Å². The minimum atomic E-state index is -3.51. The molecule has 6 nitrogen and oxygen atoms in total. The first-order chi connectivity index (χ1) is 12.3. The van der Waals surface area contributed by atoms with E-state index in [2.05, 4.69) is 5.10 Å². The molecule has 1 atom stereocenters. The van der Waals surface area contributed by atoms with Crippen LogP contribution in [-0.4, -0.2) is 39.0 Å². The van der Waals surface area contributed by atoms with Gasteiger partial charge in [0.2, 0.25) is 10.0 Å². The molecule has 0 saturated heterocycles. The average Bonchev–Trinajstić information content (AvgIpc) is 3.07. The lowest BCUT2D eigenvalue weighted by molar-refractivity contribution is 0.375. The second-order valence-corrected chi connectivity index (χ2v) is 8.12. The molecule has 0 fully saturated rings. The normalized spacial score (nSPS) is 17.2. The van der Waals surface area contributed by atoms with Crippen LogP contribution in [0.4, 0.5) is 0 Å². The first-order valence-electron chi connectivity index (χ1n) is 8.19. The van der Waals surface area contributed by atoms with Crippen molar-refractivity contribution in [3.63, 3.8) is 0 Å². The molecule has 26 heavy (non-hydrogen) atoms. The van der Waals surface area contributed by atoms with Gasteiger partial charge < -0.3 is 9.47 Å². The Morgan fingerprint density at radius 3 is 2.35 bits per heavy atom. The van der Waals surface area contributed by atoms with Gasteiger partial charge in [-0.05, 0) is 30.7 Å². The number of hydrazone groups is 1. The fourth-order valence-electron chi connectivity index (χ4n) is 3.03. The van der Waals surface area contributed by atoms with E-state index in [9.17, 15) is 8.42 Å². The highest BCUT2D eigenvalue weighted by Gasteiger charge is 2.35. The molecule has 1 aliphatic rings. The van der Waals surface area contributed by atoms with Gasteiger partial charge in [0.15, 0.2) is 0 Å². The average molecular weight is 374 g/mol. The van der Waals surface area contributed by atoms with Gasteiger partial charge in [0, 0.05) is 12.0 Å². The van der Waals surface area contributed by atoms with Gasteiger partial charge in [-0.1, -0.05) is 29.8 Å². The Bertz CT molecular complexity index is 937. The molecule has 1 aliphatic heterocycles. The van der Waals surface area contributed by atoms with Gasteiger partial charge in [-0.2, -0.15) is 9.52 Å². The summed E-state index contributed by atoms with van der Waals surface area (Å²) < 4.78 is 36.5. The first kappa shape index (κ1) is 18.3. The molecule has 0 bridgehead atoms. The summed E-state index contributed by atoms with van der Waals surface area (Å²) in [5.41, 5.74) is 3.40. The summed E-state index contributed by atoms with van der Waals surface area (Å²) in [5.74, 6) is 1.29. The molecule has 0 spiro atoms. The van der Waals surface area contributed by atoms with Crippen molar-refractivity contribution in [3.8, 4) is 11.5 Å². The second-order valence-electron chi connectivity index (χ2n) is 6.28. The zero-order chi connectivity index (χ0) is 18.9. The van der Waals surface area contributed by atoms with Crippen molar-refractivity contribution < 1.29 is 17.9 Å². The van der Waals surface area contributed by atoms with Crippen LogP contribution < -0.4 is 9.47 Å². The Morgan fingerprint density at radius 1 is 1.08 bits per heavy atom. The monoisotopic (exact) mass is 374 g/mol. The van der Waals surface area contributed by atoms with E-state index >= 15 is 0 Å². The second kappa shape index (κ2) is 6.99. The number of benzene rings is 2. The predicted molar refractivity (Wildman–Crippen MR) is 101 cm³/mol. The number of sulfonamides is 1. The van der Waals surface area contributed by atoms with Gasteiger partial charge in [-0.3, -0.25) is 0 Å². The first-order valence-corrected chi connectivity index (χ1v) is 10.0. The van der Waals surface area contributed by atoms with Crippen molar-refractivity contribution in [3.05, 3.63) is 59.2 Å². The zero-order valence-corrected chi connectivity index (χ0v) is 16.1. The number of ether oxygens (including phenoxy) is 2. The van der Waals surface area contributed by atoms with Crippen LogP contribution in [0.5, 0.6) is 11.5 Å². The molecule has 138 valence electrons. The van der Waals surface area contributed by atoms with E-state index in [1.54, 1.807) is 26.4 Å². The fourth-order valence-corrected chi connectivity index (χ4v) is 3.94. The zero-order valence-electron chi connectivity index (χ0n) is 15.3. The van der Waals surface area contributed by atoms with Gasteiger partial charge in [0.05, 0.1) is 32.2 Å². The maximum absolute atomic E-state index is 12.3. The highest BCUT2D eigenvalue weighted by molar-refractivity contribution is 7.88. The van der Waals surface area contributed by atoms with Crippen molar-refractivity contribution >= 4 is 15.7 Å². The van der Waals surface area contributed by atoms with Crippen molar-refractivity contribution in [1.82, 2.24) is 4.41 Å². The lowest BCUT2D eigenvalue weighted by Gasteiger charge is -2.21. The molecule has 2 aromatic rings. The largest absolute Gasteiger partial charge is 0.497 e. The summed E-state index contributed by atoms with van der Waals surface area (Å²) in [6.07, 6.45) is 1.63. The van der Waals surface area contributed by atoms with E-state index in [0.717, 1.165) is 16.7 Å². The quantitative estimate of drug-likeness (QED) is 0.806. The molecule has 0 amide bonds. The van der Waals surface area contributed by atoms with Crippen molar-refractivity contribution in [2.75, 3.05) is 20.5 Å². The van der Waals surface area contributed by atoms with Gasteiger partial charge in [-0.15, -0.1) is 0 Å². The Labute approximate surface area is 154 Å². The highest BCUT2D eigenvalue weighted by Crippen LogP contribution is 2.37. The number of hydrogen-bond donors (Lipinski definition) is 0. The number of nitrogens with zero attached hydrogens (tertiary/aromatic N) is 2. The van der Waals surface area contributed by atoms with E-state index in [1.165, 1.54) is 10.7 Å². The van der Waals surface area contributed by atoms with Gasteiger partial charge in [-0.25, -0.2) is 8.42 Å². The Balaban J connectivity index is 2.06. The third kappa shape index (κ3) is 3.53. The molecule has 0 N–H and O–H groups in total. The summed E-state index contributed by atoms with van der Waals surface area (Å²) in [4.78, 5) is 0. The van der Waals surface area contributed by atoms with Gasteiger partial charge >= 0.3 is 0 Å². The van der Waals surface area contributed by atoms with E-state index < -0.39 is 10.0 Å². The van der Waals surface area contributed by atoms with Crippen molar-refractivity contribution in [2.45, 2.75) is 19.4 Å². The molecular weight excluding hydrogens is 352 g/mol. The Hall–Kier alpha value is -2.54. The fraction of sp³-hybridized carbons (Fsp3) is 0.316. The lowest BCUT2D eigenvalue weighted by atomic mass is 9.98. The highest BCUT2D eigenvalue weighted by atomic mass is 32.2. The van der Waals surface area contributed by atoms with Crippen LogP contribution in [0.15, 0.2) is 47.6 Å². The molecule has 3 rings (SSSR count). The van der Waals surface area contributed by atoms with E-state index in [1.807, 2.05) is 37.3 Å². The molecular formula is C19H22N2O4S. The Kier molecular flexibility index (Phi) is 4.91. The van der Waals surface area contributed by atoms with Crippen molar-refractivity contribution in [1.29, 1.82) is 0 Å². The van der Waals surface area contributed by atoms with Crippen LogP contribution in [0.2, 0.25) is 0 Å². The van der Waals surface area contributed by atoms with Crippen LogP contribution in [0.1, 0.15) is 29.2 Å². The third-order valence-electron chi connectivity index (χ3n) is 4.39. The number of rotatable bonds is 5. The van der Waals surface area contributed by atoms with Crippen LogP contribution in [0, 0.1) is 6.92 Å². The molecule has 1 heterocycles. The summed E-state index contributed by atoms with van der Waals surface area (Å²) in [5, 5.41) is 4.42. The molecule has 0 unspecified atom stereocenters. The van der Waals surface area contributed by atoms with E-state index in [-0.39, 0.29) is 6.04 Å². The maximum Gasteiger partial charge on any atom is 0.247 e. The lowest BCUT2D eigenvalue weighted by Crippen LogP contribution is -2.25. The smallest absolute Gasteiger partial charge is 0.247 e. The third-order valence-corrected chi connectivity index (χ3v) is 5.41. The number of hydrogen-bond acceptors (Lipinski definition) is 5. The summed E-state index contributed by atoms with van der Waals surface area (Å²) in [7, 11) is -0.353. The van der Waals surface area contributed by atoms with Crippen LogP contribution >= 0.6 is 0 Å². The SMILES string of the molecule is COc1ccc(OC)c(C2=NN(S(C)(=O)=O)[C@H](c3ccc(C)cc3)C2)c1. The minimum absolute atomic E-state index is 0.378. The number of methoxy groups -OCH3 is 2. The number of aryl methyl sites for hydroxylation is 1.